The van der Waals surface area contributed by atoms with E-state index in [1.54, 1.807) is 11.6 Å². The molecule has 0 spiro atoms. The quantitative estimate of drug-likeness (QED) is 0.624. The van der Waals surface area contributed by atoms with E-state index in [1.165, 1.54) is 24.3 Å². The zero-order valence-electron chi connectivity index (χ0n) is 15.2. The molecule has 0 saturated carbocycles. The van der Waals surface area contributed by atoms with E-state index >= 15 is 0 Å². The summed E-state index contributed by atoms with van der Waals surface area (Å²) in [5.74, 6) is -0.423. The average molecular weight is 406 g/mol. The normalized spacial score (nSPS) is 10.9. The number of benzene rings is 2. The summed E-state index contributed by atoms with van der Waals surface area (Å²) >= 11 is 6.39. The van der Waals surface area contributed by atoms with Gasteiger partial charge < -0.3 is 10.1 Å². The van der Waals surface area contributed by atoms with Gasteiger partial charge in [-0.1, -0.05) is 41.4 Å². The van der Waals surface area contributed by atoms with Crippen molar-refractivity contribution in [1.29, 1.82) is 0 Å². The number of nitrogens with one attached hydrogen (secondary N) is 1. The van der Waals surface area contributed by atoms with Gasteiger partial charge >= 0.3 is 6.61 Å². The molecular formula is C20H18ClF2N3O2. The van der Waals surface area contributed by atoms with Gasteiger partial charge in [0.05, 0.1) is 17.8 Å². The first-order valence-corrected chi connectivity index (χ1v) is 8.86. The van der Waals surface area contributed by atoms with E-state index in [2.05, 4.69) is 15.2 Å². The number of aryl methyl sites for hydroxylation is 2. The van der Waals surface area contributed by atoms with Crippen molar-refractivity contribution in [3.63, 3.8) is 0 Å². The Kier molecular flexibility index (Phi) is 5.94. The summed E-state index contributed by atoms with van der Waals surface area (Å²) in [5.41, 5.74) is 3.34. The van der Waals surface area contributed by atoms with E-state index in [9.17, 15) is 13.6 Å². The predicted octanol–water partition coefficient (Wildman–Crippen LogP) is 5.06. The van der Waals surface area contributed by atoms with Gasteiger partial charge in [-0.2, -0.15) is 13.9 Å². The number of carbonyl (C=O) groups excluding carboxylic acids is 1. The summed E-state index contributed by atoms with van der Waals surface area (Å²) < 4.78 is 30.3. The van der Waals surface area contributed by atoms with Gasteiger partial charge in [0.25, 0.3) is 5.91 Å². The van der Waals surface area contributed by atoms with Gasteiger partial charge in [0.1, 0.15) is 10.9 Å². The van der Waals surface area contributed by atoms with Crippen LogP contribution in [-0.2, 0) is 6.54 Å². The van der Waals surface area contributed by atoms with E-state index in [0.717, 1.165) is 11.1 Å². The van der Waals surface area contributed by atoms with Crippen LogP contribution in [0.2, 0.25) is 5.15 Å². The number of alkyl halides is 2. The molecule has 1 heterocycles. The number of amides is 1. The van der Waals surface area contributed by atoms with E-state index in [0.29, 0.717) is 17.9 Å². The molecule has 8 heteroatoms. The monoisotopic (exact) mass is 405 g/mol. The minimum Gasteiger partial charge on any atom is -0.435 e. The summed E-state index contributed by atoms with van der Waals surface area (Å²) in [6.07, 6.45) is 0. The van der Waals surface area contributed by atoms with Gasteiger partial charge in [-0.15, -0.1) is 0 Å². The molecule has 3 aromatic rings. The van der Waals surface area contributed by atoms with Crippen molar-refractivity contribution >= 4 is 23.2 Å². The largest absolute Gasteiger partial charge is 0.435 e. The van der Waals surface area contributed by atoms with Crippen LogP contribution in [0, 0.1) is 13.8 Å². The molecule has 5 nitrogen and oxygen atoms in total. The lowest BCUT2D eigenvalue weighted by molar-refractivity contribution is -0.0498. The molecule has 1 amide bonds. The lowest BCUT2D eigenvalue weighted by Crippen LogP contribution is -2.13. The SMILES string of the molecule is Cc1ccc(Cn2nc(C)c(C(=O)Nc3ccc(OC(F)F)cc3)c2Cl)cc1. The minimum absolute atomic E-state index is 0.00753. The fourth-order valence-corrected chi connectivity index (χ4v) is 3.02. The fraction of sp³-hybridized carbons (Fsp3) is 0.200. The first kappa shape index (κ1) is 19.8. The number of ether oxygens (including phenoxy) is 1. The van der Waals surface area contributed by atoms with Gasteiger partial charge in [-0.05, 0) is 43.7 Å². The molecule has 3 rings (SSSR count). The topological polar surface area (TPSA) is 56.2 Å². The minimum atomic E-state index is -2.90. The van der Waals surface area contributed by atoms with Crippen LogP contribution in [0.1, 0.15) is 27.2 Å². The number of anilines is 1. The number of nitrogens with zero attached hydrogens (tertiary/aromatic N) is 2. The van der Waals surface area contributed by atoms with Gasteiger partial charge in [0.2, 0.25) is 0 Å². The first-order valence-electron chi connectivity index (χ1n) is 8.48. The van der Waals surface area contributed by atoms with E-state index in [-0.39, 0.29) is 16.5 Å². The maximum atomic E-state index is 12.6. The molecule has 0 radical (unpaired) electrons. The number of halogens is 3. The van der Waals surface area contributed by atoms with Crippen LogP contribution in [-0.4, -0.2) is 22.3 Å². The van der Waals surface area contributed by atoms with Crippen LogP contribution in [0.25, 0.3) is 0 Å². The van der Waals surface area contributed by atoms with Crippen LogP contribution in [0.5, 0.6) is 5.75 Å². The third-order valence-corrected chi connectivity index (χ3v) is 4.47. The molecule has 0 fully saturated rings. The lowest BCUT2D eigenvalue weighted by Gasteiger charge is -2.08. The lowest BCUT2D eigenvalue weighted by atomic mass is 10.1. The molecule has 0 atom stereocenters. The van der Waals surface area contributed by atoms with Crippen LogP contribution in [0.15, 0.2) is 48.5 Å². The van der Waals surface area contributed by atoms with Crippen molar-refractivity contribution in [3.05, 3.63) is 76.1 Å². The predicted molar refractivity (Wildman–Crippen MR) is 103 cm³/mol. The Hall–Kier alpha value is -2.93. The van der Waals surface area contributed by atoms with Gasteiger partial charge in [-0.3, -0.25) is 4.79 Å². The van der Waals surface area contributed by atoms with Gasteiger partial charge in [0, 0.05) is 5.69 Å². The Bertz CT molecular complexity index is 970. The summed E-state index contributed by atoms with van der Waals surface area (Å²) in [6, 6.07) is 13.6. The first-order chi connectivity index (χ1) is 13.3. The second kappa shape index (κ2) is 8.39. The van der Waals surface area contributed by atoms with Crippen LogP contribution in [0.4, 0.5) is 14.5 Å². The fourth-order valence-electron chi connectivity index (χ4n) is 2.70. The molecule has 0 saturated heterocycles. The smallest absolute Gasteiger partial charge is 0.387 e. The average Bonchev–Trinajstić information content (AvgIpc) is 2.91. The highest BCUT2D eigenvalue weighted by atomic mass is 35.5. The van der Waals surface area contributed by atoms with Crippen molar-refractivity contribution in [1.82, 2.24) is 9.78 Å². The highest BCUT2D eigenvalue weighted by Gasteiger charge is 2.20. The molecule has 0 aliphatic heterocycles. The molecule has 2 aromatic carbocycles. The van der Waals surface area contributed by atoms with Crippen molar-refractivity contribution < 1.29 is 18.3 Å². The zero-order valence-corrected chi connectivity index (χ0v) is 16.0. The molecule has 146 valence electrons. The Morgan fingerprint density at radius 2 is 1.79 bits per heavy atom. The molecule has 0 unspecified atom stereocenters. The van der Waals surface area contributed by atoms with E-state index in [4.69, 9.17) is 11.6 Å². The standard InChI is InChI=1S/C20H18ClF2N3O2/c1-12-3-5-14(6-4-12)11-26-18(21)17(13(2)25-26)19(27)24-15-7-9-16(10-8-15)28-20(22)23/h3-10,20H,11H2,1-2H3,(H,24,27). The molecule has 0 aliphatic carbocycles. The Balaban J connectivity index is 1.74. The van der Waals surface area contributed by atoms with Crippen molar-refractivity contribution in [2.75, 3.05) is 5.32 Å². The highest BCUT2D eigenvalue weighted by molar-refractivity contribution is 6.33. The zero-order chi connectivity index (χ0) is 20.3. The maximum absolute atomic E-state index is 12.6. The Morgan fingerprint density at radius 3 is 2.39 bits per heavy atom. The summed E-state index contributed by atoms with van der Waals surface area (Å²) in [6.45, 7) is 1.24. The van der Waals surface area contributed by atoms with Gasteiger partial charge in [0.15, 0.2) is 0 Å². The number of hydrogen-bond acceptors (Lipinski definition) is 3. The second-order valence-corrected chi connectivity index (χ2v) is 6.61. The number of hydrogen-bond donors (Lipinski definition) is 1. The summed E-state index contributed by atoms with van der Waals surface area (Å²) in [4.78, 5) is 12.6. The summed E-state index contributed by atoms with van der Waals surface area (Å²) in [5, 5.41) is 7.27. The van der Waals surface area contributed by atoms with Crippen LogP contribution in [0.3, 0.4) is 0 Å². The van der Waals surface area contributed by atoms with E-state index in [1.807, 2.05) is 31.2 Å². The third-order valence-electron chi connectivity index (χ3n) is 4.08. The summed E-state index contributed by atoms with van der Waals surface area (Å²) in [7, 11) is 0. The van der Waals surface area contributed by atoms with Crippen LogP contribution < -0.4 is 10.1 Å². The van der Waals surface area contributed by atoms with Crippen molar-refractivity contribution in [2.45, 2.75) is 27.0 Å². The van der Waals surface area contributed by atoms with Crippen LogP contribution >= 0.6 is 11.6 Å². The molecule has 1 aromatic heterocycles. The maximum Gasteiger partial charge on any atom is 0.387 e. The van der Waals surface area contributed by atoms with E-state index < -0.39 is 12.5 Å². The number of carbonyl (C=O) groups is 1. The molecular weight excluding hydrogens is 388 g/mol. The Labute approximate surface area is 165 Å². The molecule has 28 heavy (non-hydrogen) atoms. The van der Waals surface area contributed by atoms with Crippen molar-refractivity contribution in [2.24, 2.45) is 0 Å². The van der Waals surface area contributed by atoms with Crippen molar-refractivity contribution in [3.8, 4) is 5.75 Å². The van der Waals surface area contributed by atoms with Gasteiger partial charge in [-0.25, -0.2) is 4.68 Å². The third kappa shape index (κ3) is 4.67. The second-order valence-electron chi connectivity index (χ2n) is 6.25. The Morgan fingerprint density at radius 1 is 1.14 bits per heavy atom. The number of rotatable bonds is 6. The molecule has 0 aliphatic rings. The molecule has 1 N–H and O–H groups in total. The number of aromatic nitrogens is 2. The highest BCUT2D eigenvalue weighted by Crippen LogP contribution is 2.23. The molecule has 0 bridgehead atoms.